The first kappa shape index (κ1) is 21.6. The maximum Gasteiger partial charge on any atom is 0.338 e. The van der Waals surface area contributed by atoms with Crippen LogP contribution in [-0.4, -0.2) is 31.3 Å². The van der Waals surface area contributed by atoms with Gasteiger partial charge in [-0.1, -0.05) is 23.7 Å². The molecule has 0 spiro atoms. The molecule has 0 amide bonds. The van der Waals surface area contributed by atoms with Crippen molar-refractivity contribution in [1.29, 1.82) is 5.26 Å². The van der Waals surface area contributed by atoms with Gasteiger partial charge in [0.05, 0.1) is 23.6 Å². The maximum absolute atomic E-state index is 12.9. The fraction of sp³-hybridized carbons (Fsp3) is 0.318. The molecule has 30 heavy (non-hydrogen) atoms. The van der Waals surface area contributed by atoms with Gasteiger partial charge in [-0.25, -0.2) is 9.78 Å². The van der Waals surface area contributed by atoms with Gasteiger partial charge in [0.2, 0.25) is 5.88 Å². The summed E-state index contributed by atoms with van der Waals surface area (Å²) in [6.45, 7) is 5.85. The minimum atomic E-state index is -0.857. The van der Waals surface area contributed by atoms with Crippen molar-refractivity contribution in [2.75, 3.05) is 20.3 Å². The largest absolute Gasteiger partial charge is 0.460 e. The van der Waals surface area contributed by atoms with Gasteiger partial charge >= 0.3 is 5.97 Å². The van der Waals surface area contributed by atoms with Crippen molar-refractivity contribution < 1.29 is 19.0 Å². The number of hydrogen-bond acceptors (Lipinski definition) is 7. The zero-order valence-electron chi connectivity index (χ0n) is 17.2. The minimum Gasteiger partial charge on any atom is -0.460 e. The predicted octanol–water partition coefficient (Wildman–Crippen LogP) is 3.78. The Bertz CT molecular complexity index is 1130. The lowest BCUT2D eigenvalue weighted by atomic mass is 9.83. The number of hydrogen-bond donors (Lipinski definition) is 1. The van der Waals surface area contributed by atoms with E-state index in [4.69, 9.17) is 31.5 Å². The topological polar surface area (TPSA) is 107 Å². The summed E-state index contributed by atoms with van der Waals surface area (Å²) in [7, 11) is 1.51. The summed E-state index contributed by atoms with van der Waals surface area (Å²) in [4.78, 5) is 17.4. The quantitative estimate of drug-likeness (QED) is 0.439. The van der Waals surface area contributed by atoms with E-state index >= 15 is 0 Å². The molecule has 8 heteroatoms. The number of aryl methyl sites for hydroxylation is 2. The van der Waals surface area contributed by atoms with Crippen LogP contribution in [0, 0.1) is 25.2 Å². The molecular formula is C22H22ClN3O4. The molecule has 0 saturated heterocycles. The van der Waals surface area contributed by atoms with E-state index in [1.54, 1.807) is 6.92 Å². The SMILES string of the molecule is COCCOC(=O)C1=C(C)OC(N)=C(C#N)C1c1cc2ccc(C)c(C)c2nc1Cl. The van der Waals surface area contributed by atoms with Gasteiger partial charge in [-0.05, 0) is 38.0 Å². The van der Waals surface area contributed by atoms with Crippen molar-refractivity contribution in [2.24, 2.45) is 5.73 Å². The van der Waals surface area contributed by atoms with Crippen LogP contribution in [0.5, 0.6) is 0 Å². The van der Waals surface area contributed by atoms with E-state index in [1.165, 1.54) is 7.11 Å². The number of pyridine rings is 1. The Balaban J connectivity index is 2.19. The molecule has 0 bridgehead atoms. The van der Waals surface area contributed by atoms with Gasteiger partial charge < -0.3 is 19.9 Å². The predicted molar refractivity (Wildman–Crippen MR) is 112 cm³/mol. The lowest BCUT2D eigenvalue weighted by Gasteiger charge is -2.27. The number of nitriles is 1. The molecule has 3 rings (SSSR count). The molecular weight excluding hydrogens is 406 g/mol. The van der Waals surface area contributed by atoms with Crippen LogP contribution in [0.15, 0.2) is 41.0 Å². The number of methoxy groups -OCH3 is 1. The van der Waals surface area contributed by atoms with Crippen molar-refractivity contribution >= 4 is 28.5 Å². The zero-order chi connectivity index (χ0) is 22.0. The number of carbonyl (C=O) groups excluding carboxylic acids is 1. The molecule has 2 N–H and O–H groups in total. The fourth-order valence-corrected chi connectivity index (χ4v) is 3.68. The molecule has 0 saturated carbocycles. The Kier molecular flexibility index (Phi) is 6.30. The van der Waals surface area contributed by atoms with E-state index in [1.807, 2.05) is 38.1 Å². The second-order valence-corrected chi connectivity index (χ2v) is 7.33. The van der Waals surface area contributed by atoms with Crippen LogP contribution < -0.4 is 5.73 Å². The molecule has 7 nitrogen and oxygen atoms in total. The zero-order valence-corrected chi connectivity index (χ0v) is 18.0. The Morgan fingerprint density at radius 1 is 1.33 bits per heavy atom. The van der Waals surface area contributed by atoms with Gasteiger partial charge in [0.15, 0.2) is 0 Å². The Hall–Kier alpha value is -3.08. The van der Waals surface area contributed by atoms with Crippen molar-refractivity contribution in [3.8, 4) is 6.07 Å². The number of carbonyl (C=O) groups is 1. The Labute approximate surface area is 179 Å². The monoisotopic (exact) mass is 427 g/mol. The number of aromatic nitrogens is 1. The first-order chi connectivity index (χ1) is 14.3. The molecule has 0 aliphatic carbocycles. The summed E-state index contributed by atoms with van der Waals surface area (Å²) in [6.07, 6.45) is 0. The molecule has 1 atom stereocenters. The van der Waals surface area contributed by atoms with Gasteiger partial charge in [0.1, 0.15) is 29.2 Å². The summed E-state index contributed by atoms with van der Waals surface area (Å²) in [5, 5.41) is 10.8. The van der Waals surface area contributed by atoms with Crippen LogP contribution in [0.2, 0.25) is 5.15 Å². The van der Waals surface area contributed by atoms with Crippen molar-refractivity contribution in [2.45, 2.75) is 26.7 Å². The van der Waals surface area contributed by atoms with E-state index in [0.717, 1.165) is 22.0 Å². The lowest BCUT2D eigenvalue weighted by Crippen LogP contribution is -2.26. The lowest BCUT2D eigenvalue weighted by molar-refractivity contribution is -0.140. The van der Waals surface area contributed by atoms with Crippen LogP contribution in [0.1, 0.15) is 29.5 Å². The highest BCUT2D eigenvalue weighted by Gasteiger charge is 2.38. The molecule has 1 aromatic carbocycles. The van der Waals surface area contributed by atoms with Crippen LogP contribution in [0.25, 0.3) is 10.9 Å². The number of esters is 1. The van der Waals surface area contributed by atoms with E-state index in [-0.39, 0.29) is 41.2 Å². The molecule has 1 aliphatic heterocycles. The highest BCUT2D eigenvalue weighted by Crippen LogP contribution is 2.42. The normalized spacial score (nSPS) is 16.5. The number of benzene rings is 1. The Morgan fingerprint density at radius 2 is 2.07 bits per heavy atom. The summed E-state index contributed by atoms with van der Waals surface area (Å²) in [6, 6.07) is 7.78. The second-order valence-electron chi connectivity index (χ2n) is 6.97. The number of nitrogens with two attached hydrogens (primary N) is 1. The molecule has 1 aromatic heterocycles. The number of fused-ring (bicyclic) bond motifs is 1. The number of halogens is 1. The summed E-state index contributed by atoms with van der Waals surface area (Å²) in [5.74, 6) is -1.32. The molecule has 0 fully saturated rings. The maximum atomic E-state index is 12.9. The van der Waals surface area contributed by atoms with Crippen LogP contribution in [0.3, 0.4) is 0 Å². The molecule has 1 aliphatic rings. The van der Waals surface area contributed by atoms with Gasteiger partial charge in [-0.3, -0.25) is 0 Å². The third kappa shape index (κ3) is 3.84. The average molecular weight is 428 g/mol. The molecule has 1 unspecified atom stereocenters. The van der Waals surface area contributed by atoms with E-state index in [9.17, 15) is 10.1 Å². The highest BCUT2D eigenvalue weighted by atomic mass is 35.5. The summed E-state index contributed by atoms with van der Waals surface area (Å²) in [5.41, 5.74) is 9.53. The van der Waals surface area contributed by atoms with Gasteiger partial charge in [0, 0.05) is 18.1 Å². The molecule has 2 heterocycles. The fourth-order valence-electron chi connectivity index (χ4n) is 3.43. The summed E-state index contributed by atoms with van der Waals surface area (Å²) < 4.78 is 15.7. The van der Waals surface area contributed by atoms with Crippen molar-refractivity contribution in [3.63, 3.8) is 0 Å². The number of ether oxygens (including phenoxy) is 3. The number of rotatable bonds is 5. The highest BCUT2D eigenvalue weighted by molar-refractivity contribution is 6.31. The number of allylic oxidation sites excluding steroid dienone is 2. The van der Waals surface area contributed by atoms with Gasteiger partial charge in [-0.2, -0.15) is 5.26 Å². The third-order valence-corrected chi connectivity index (χ3v) is 5.45. The molecule has 156 valence electrons. The Morgan fingerprint density at radius 3 is 2.73 bits per heavy atom. The van der Waals surface area contributed by atoms with Crippen LogP contribution in [0.4, 0.5) is 0 Å². The van der Waals surface area contributed by atoms with E-state index < -0.39 is 11.9 Å². The van der Waals surface area contributed by atoms with Crippen molar-refractivity contribution in [1.82, 2.24) is 4.98 Å². The second kappa shape index (κ2) is 8.74. The first-order valence-corrected chi connectivity index (χ1v) is 9.68. The average Bonchev–Trinajstić information content (AvgIpc) is 2.70. The van der Waals surface area contributed by atoms with Crippen molar-refractivity contribution in [3.05, 3.63) is 62.8 Å². The minimum absolute atomic E-state index is 0.0576. The summed E-state index contributed by atoms with van der Waals surface area (Å²) >= 11 is 6.56. The van der Waals surface area contributed by atoms with Crippen LogP contribution in [-0.2, 0) is 19.0 Å². The first-order valence-electron chi connectivity index (χ1n) is 9.30. The van der Waals surface area contributed by atoms with E-state index in [2.05, 4.69) is 4.98 Å². The van der Waals surface area contributed by atoms with Gasteiger partial charge in [0.25, 0.3) is 0 Å². The van der Waals surface area contributed by atoms with Gasteiger partial charge in [-0.15, -0.1) is 0 Å². The molecule has 2 aromatic rings. The molecule has 0 radical (unpaired) electrons. The smallest absolute Gasteiger partial charge is 0.338 e. The van der Waals surface area contributed by atoms with E-state index in [0.29, 0.717) is 5.56 Å². The third-order valence-electron chi connectivity index (χ3n) is 5.15. The van der Waals surface area contributed by atoms with Crippen LogP contribution >= 0.6 is 11.6 Å². The number of nitrogens with zero attached hydrogens (tertiary/aromatic N) is 2. The standard InChI is InChI=1S/C22H22ClN3O4/c1-11-5-6-14-9-15(20(23)26-19(14)12(11)2)18-16(10-24)21(25)30-13(3)17(18)22(27)29-8-7-28-4/h5-6,9,18H,7-8,25H2,1-4H3.